The van der Waals surface area contributed by atoms with Gasteiger partial charge in [-0.1, -0.05) is 46.2 Å². The molecule has 3 amide bonds. The fourth-order valence-electron chi connectivity index (χ4n) is 3.87. The van der Waals surface area contributed by atoms with Crippen LogP contribution in [0.1, 0.15) is 58.9 Å². The summed E-state index contributed by atoms with van der Waals surface area (Å²) in [5, 5.41) is 27.1. The van der Waals surface area contributed by atoms with Gasteiger partial charge in [0, 0.05) is 13.0 Å². The third kappa shape index (κ3) is 12.3. The van der Waals surface area contributed by atoms with E-state index in [2.05, 4.69) is 20.9 Å². The number of aliphatic carboxylic acids is 1. The van der Waals surface area contributed by atoms with Crippen LogP contribution in [0.4, 0.5) is 0 Å². The number of nitrogens with zero attached hydrogens (tertiary/aromatic N) is 1. The minimum Gasteiger partial charge on any atom is -0.508 e. The van der Waals surface area contributed by atoms with Crippen molar-refractivity contribution in [3.63, 3.8) is 0 Å². The monoisotopic (exact) mass is 563 g/mol. The highest BCUT2D eigenvalue weighted by atomic mass is 16.4. The number of hydrogen-bond acceptors (Lipinski definition) is 7. The zero-order valence-corrected chi connectivity index (χ0v) is 23.7. The summed E-state index contributed by atoms with van der Waals surface area (Å²) in [6, 6.07) is 1.82. The fraction of sp³-hybridized carbons (Fsp3) is 0.593. The van der Waals surface area contributed by atoms with Crippen LogP contribution < -0.4 is 33.2 Å². The molecule has 11 N–H and O–H groups in total. The van der Waals surface area contributed by atoms with Gasteiger partial charge in [0.05, 0.1) is 6.04 Å². The molecule has 40 heavy (non-hydrogen) atoms. The predicted octanol–water partition coefficient (Wildman–Crippen LogP) is -0.0532. The summed E-state index contributed by atoms with van der Waals surface area (Å²) >= 11 is 0. The van der Waals surface area contributed by atoms with Gasteiger partial charge in [-0.3, -0.25) is 19.4 Å². The van der Waals surface area contributed by atoms with Gasteiger partial charge in [-0.15, -0.1) is 0 Å². The SMILES string of the molecule is CCC(C)C(N)C(=O)NC(CCCN=C(N)N)C(=O)NC(Cc1ccc(O)cc1)C(=O)NC(CC(C)C)C(=O)O. The maximum absolute atomic E-state index is 13.4. The van der Waals surface area contributed by atoms with Crippen molar-refractivity contribution in [2.45, 2.75) is 84.0 Å². The van der Waals surface area contributed by atoms with Gasteiger partial charge >= 0.3 is 5.97 Å². The topological polar surface area (TPSA) is 235 Å². The van der Waals surface area contributed by atoms with Crippen LogP contribution in [0.5, 0.6) is 5.75 Å². The number of guanidine groups is 1. The number of nitrogens with two attached hydrogens (primary N) is 3. The maximum Gasteiger partial charge on any atom is 0.326 e. The van der Waals surface area contributed by atoms with E-state index in [0.717, 1.165) is 0 Å². The molecule has 0 aliphatic carbocycles. The summed E-state index contributed by atoms with van der Waals surface area (Å²) in [6.07, 6.45) is 1.36. The van der Waals surface area contributed by atoms with Crippen molar-refractivity contribution in [2.75, 3.05) is 6.54 Å². The number of carboxylic acids is 1. The van der Waals surface area contributed by atoms with Crippen LogP contribution in [0.2, 0.25) is 0 Å². The molecule has 5 unspecified atom stereocenters. The summed E-state index contributed by atoms with van der Waals surface area (Å²) in [5.41, 5.74) is 17.4. The third-order valence-electron chi connectivity index (χ3n) is 6.47. The van der Waals surface area contributed by atoms with Crippen LogP contribution in [0.15, 0.2) is 29.3 Å². The van der Waals surface area contributed by atoms with E-state index in [0.29, 0.717) is 18.4 Å². The average molecular weight is 564 g/mol. The van der Waals surface area contributed by atoms with Crippen molar-refractivity contribution in [3.8, 4) is 5.75 Å². The van der Waals surface area contributed by atoms with Crippen LogP contribution in [-0.4, -0.2) is 70.6 Å². The molecular formula is C27H45N7O6. The van der Waals surface area contributed by atoms with E-state index in [1.165, 1.54) is 12.1 Å². The van der Waals surface area contributed by atoms with Crippen molar-refractivity contribution in [2.24, 2.45) is 34.0 Å². The first-order chi connectivity index (χ1) is 18.7. The van der Waals surface area contributed by atoms with Crippen LogP contribution in [0, 0.1) is 11.8 Å². The quantitative estimate of drug-likeness (QED) is 0.0719. The molecule has 0 aliphatic rings. The standard InChI is InChI=1S/C27H45N7O6/c1-5-16(4)22(28)25(38)32-19(7-6-12-31-27(29)30)23(36)33-20(14-17-8-10-18(35)11-9-17)24(37)34-21(26(39)40)13-15(2)3/h8-11,15-16,19-22,35H,5-7,12-14,28H2,1-4H3,(H,32,38)(H,33,36)(H,34,37)(H,39,40)(H4,29,30,31). The highest BCUT2D eigenvalue weighted by molar-refractivity contribution is 5.94. The molecule has 13 nitrogen and oxygen atoms in total. The molecule has 0 aliphatic heterocycles. The highest BCUT2D eigenvalue weighted by Gasteiger charge is 2.31. The number of carbonyl (C=O) groups excluding carboxylic acids is 3. The second-order valence-corrected chi connectivity index (χ2v) is 10.4. The third-order valence-corrected chi connectivity index (χ3v) is 6.47. The number of carbonyl (C=O) groups is 4. The Morgan fingerprint density at radius 2 is 1.45 bits per heavy atom. The van der Waals surface area contributed by atoms with Crippen LogP contribution in [-0.2, 0) is 25.6 Å². The van der Waals surface area contributed by atoms with Gasteiger partial charge < -0.3 is 43.4 Å². The van der Waals surface area contributed by atoms with Crippen molar-refractivity contribution in [1.29, 1.82) is 0 Å². The summed E-state index contributed by atoms with van der Waals surface area (Å²) < 4.78 is 0. The van der Waals surface area contributed by atoms with E-state index in [1.807, 2.05) is 27.7 Å². The molecule has 1 rings (SSSR count). The number of nitrogens with one attached hydrogen (secondary N) is 3. The summed E-state index contributed by atoms with van der Waals surface area (Å²) in [4.78, 5) is 55.2. The zero-order chi connectivity index (χ0) is 30.4. The number of amides is 3. The van der Waals surface area contributed by atoms with Crippen LogP contribution >= 0.6 is 0 Å². The molecule has 5 atom stereocenters. The Bertz CT molecular complexity index is 1010. The zero-order valence-electron chi connectivity index (χ0n) is 23.7. The summed E-state index contributed by atoms with van der Waals surface area (Å²) in [5.74, 6) is -3.28. The Kier molecular flexibility index (Phi) is 14.5. The molecule has 0 saturated carbocycles. The van der Waals surface area contributed by atoms with Gasteiger partial charge in [0.15, 0.2) is 5.96 Å². The predicted molar refractivity (Wildman–Crippen MR) is 152 cm³/mol. The Hall–Kier alpha value is -3.87. The van der Waals surface area contributed by atoms with E-state index >= 15 is 0 Å². The lowest BCUT2D eigenvalue weighted by atomic mass is 9.98. The largest absolute Gasteiger partial charge is 0.508 e. The molecule has 0 fully saturated rings. The molecule has 0 heterocycles. The molecule has 224 valence electrons. The van der Waals surface area contributed by atoms with Crippen LogP contribution in [0.3, 0.4) is 0 Å². The number of benzene rings is 1. The van der Waals surface area contributed by atoms with Crippen LogP contribution in [0.25, 0.3) is 0 Å². The molecule has 1 aromatic rings. The highest BCUT2D eigenvalue weighted by Crippen LogP contribution is 2.13. The van der Waals surface area contributed by atoms with Crippen molar-refractivity contribution in [1.82, 2.24) is 16.0 Å². The summed E-state index contributed by atoms with van der Waals surface area (Å²) in [7, 11) is 0. The number of phenols is 1. The van der Waals surface area contributed by atoms with Crippen molar-refractivity contribution in [3.05, 3.63) is 29.8 Å². The van der Waals surface area contributed by atoms with Gasteiger partial charge in [0.25, 0.3) is 0 Å². The normalized spacial score (nSPS) is 14.8. The molecule has 0 saturated heterocycles. The number of hydrogen-bond donors (Lipinski definition) is 8. The summed E-state index contributed by atoms with van der Waals surface area (Å²) in [6.45, 7) is 7.60. The maximum atomic E-state index is 13.4. The van der Waals surface area contributed by atoms with E-state index in [-0.39, 0.29) is 49.4 Å². The molecular weight excluding hydrogens is 518 g/mol. The molecule has 13 heteroatoms. The molecule has 0 bridgehead atoms. The van der Waals surface area contributed by atoms with Gasteiger partial charge in [0.2, 0.25) is 17.7 Å². The number of aliphatic imine (C=N–C) groups is 1. The molecule has 0 radical (unpaired) electrons. The molecule has 0 aromatic heterocycles. The van der Waals surface area contributed by atoms with Gasteiger partial charge in [-0.25, -0.2) is 4.79 Å². The van der Waals surface area contributed by atoms with E-state index < -0.39 is 47.9 Å². The van der Waals surface area contributed by atoms with E-state index in [1.54, 1.807) is 12.1 Å². The first-order valence-electron chi connectivity index (χ1n) is 13.5. The smallest absolute Gasteiger partial charge is 0.326 e. The molecule has 0 spiro atoms. The average Bonchev–Trinajstić information content (AvgIpc) is 2.89. The lowest BCUT2D eigenvalue weighted by molar-refractivity contribution is -0.142. The Morgan fingerprint density at radius 1 is 0.900 bits per heavy atom. The molecule has 1 aromatic carbocycles. The number of carboxylic acid groups (broad SMARTS) is 1. The Morgan fingerprint density at radius 3 is 1.98 bits per heavy atom. The first-order valence-corrected chi connectivity index (χ1v) is 13.5. The Balaban J connectivity index is 3.21. The minimum absolute atomic E-state index is 0.00687. The lowest BCUT2D eigenvalue weighted by Gasteiger charge is -2.26. The second kappa shape index (κ2) is 17.0. The van der Waals surface area contributed by atoms with Gasteiger partial charge in [-0.2, -0.15) is 0 Å². The van der Waals surface area contributed by atoms with Crippen molar-refractivity contribution < 1.29 is 29.4 Å². The fourth-order valence-corrected chi connectivity index (χ4v) is 3.87. The lowest BCUT2D eigenvalue weighted by Crippen LogP contribution is -2.58. The first kappa shape index (κ1) is 34.2. The van der Waals surface area contributed by atoms with Crippen molar-refractivity contribution >= 4 is 29.7 Å². The van der Waals surface area contributed by atoms with E-state index in [9.17, 15) is 29.4 Å². The second-order valence-electron chi connectivity index (χ2n) is 10.4. The van der Waals surface area contributed by atoms with Gasteiger partial charge in [0.1, 0.15) is 23.9 Å². The van der Waals surface area contributed by atoms with Gasteiger partial charge in [-0.05, 0) is 48.8 Å². The number of aromatic hydroxyl groups is 1. The number of phenolic OH excluding ortho intramolecular Hbond substituents is 1. The number of rotatable bonds is 17. The van der Waals surface area contributed by atoms with E-state index in [4.69, 9.17) is 17.2 Å². The minimum atomic E-state index is -1.19. The Labute approximate surface area is 235 Å².